The van der Waals surface area contributed by atoms with Crippen molar-refractivity contribution in [2.45, 2.75) is 0 Å². The summed E-state index contributed by atoms with van der Waals surface area (Å²) in [5, 5.41) is 17.4. The van der Waals surface area contributed by atoms with Crippen LogP contribution < -0.4 is 16.6 Å². The summed E-state index contributed by atoms with van der Waals surface area (Å²) in [5.74, 6) is 4.56. The molecule has 0 atom stereocenters. The van der Waals surface area contributed by atoms with Crippen molar-refractivity contribution in [2.24, 2.45) is 5.84 Å². The van der Waals surface area contributed by atoms with Crippen LogP contribution in [0.2, 0.25) is 0 Å². The molecule has 1 amide bonds. The molecule has 19 heavy (non-hydrogen) atoms. The van der Waals surface area contributed by atoms with Gasteiger partial charge in [0.1, 0.15) is 16.3 Å². The Kier molecular flexibility index (Phi) is 3.63. The summed E-state index contributed by atoms with van der Waals surface area (Å²) in [7, 11) is 0. The zero-order chi connectivity index (χ0) is 13.8. The lowest BCUT2D eigenvalue weighted by Gasteiger charge is -2.06. The molecule has 0 fully saturated rings. The molecule has 0 unspecified atom stereocenters. The summed E-state index contributed by atoms with van der Waals surface area (Å²) in [4.78, 5) is 22.3. The summed E-state index contributed by atoms with van der Waals surface area (Å²) in [6.45, 7) is 0. The number of benzene rings is 1. The van der Waals surface area contributed by atoms with Crippen LogP contribution in [-0.4, -0.2) is 20.4 Å². The summed E-state index contributed by atoms with van der Waals surface area (Å²) in [6.07, 6.45) is 1.35. The molecule has 98 valence electrons. The molecule has 2 rings (SSSR count). The van der Waals surface area contributed by atoms with Gasteiger partial charge >= 0.3 is 5.69 Å². The van der Waals surface area contributed by atoms with Crippen molar-refractivity contribution in [1.29, 1.82) is 0 Å². The number of hydrogen-bond donors (Lipinski definition) is 3. The van der Waals surface area contributed by atoms with Crippen molar-refractivity contribution >= 4 is 33.8 Å². The number of aromatic nitrogens is 2. The Morgan fingerprint density at radius 1 is 1.47 bits per heavy atom. The third-order valence-corrected chi connectivity index (χ3v) is 2.80. The van der Waals surface area contributed by atoms with Gasteiger partial charge in [0.25, 0.3) is 5.91 Å². The van der Waals surface area contributed by atoms with E-state index in [0.717, 1.165) is 11.5 Å². The molecule has 1 aromatic carbocycles. The van der Waals surface area contributed by atoms with Crippen molar-refractivity contribution in [3.63, 3.8) is 0 Å². The van der Waals surface area contributed by atoms with Gasteiger partial charge in [0, 0.05) is 11.5 Å². The highest BCUT2D eigenvalue weighted by Crippen LogP contribution is 2.28. The lowest BCUT2D eigenvalue weighted by molar-refractivity contribution is -0.384. The summed E-state index contributed by atoms with van der Waals surface area (Å²) in [6, 6.07) is 4.23. The number of nitrogens with zero attached hydrogens (tertiary/aromatic N) is 3. The van der Waals surface area contributed by atoms with Crippen LogP contribution in [-0.2, 0) is 0 Å². The molecule has 0 bridgehead atoms. The third kappa shape index (κ3) is 2.64. The van der Waals surface area contributed by atoms with E-state index in [1.807, 2.05) is 0 Å². The molecule has 9 nitrogen and oxygen atoms in total. The number of carbonyl (C=O) groups excluding carboxylic acids is 1. The summed E-state index contributed by atoms with van der Waals surface area (Å²) < 4.78 is 3.57. The topological polar surface area (TPSA) is 136 Å². The molecule has 1 aromatic heterocycles. The number of nitrogens with one attached hydrogen (secondary N) is 2. The number of hydrogen-bond acceptors (Lipinski definition) is 8. The quantitative estimate of drug-likeness (QED) is 0.431. The number of nitrogen functional groups attached to an aromatic ring is 1. The average Bonchev–Trinajstić information content (AvgIpc) is 2.90. The number of para-hydroxylation sites is 1. The molecule has 0 spiro atoms. The van der Waals surface area contributed by atoms with Gasteiger partial charge in [0.15, 0.2) is 0 Å². The molecule has 0 radical (unpaired) electrons. The van der Waals surface area contributed by atoms with E-state index < -0.39 is 10.8 Å². The van der Waals surface area contributed by atoms with Crippen molar-refractivity contribution in [2.75, 3.05) is 10.7 Å². The predicted octanol–water partition coefficient (Wildman–Crippen LogP) is 0.984. The smallest absolute Gasteiger partial charge is 0.306 e. The van der Waals surface area contributed by atoms with Gasteiger partial charge in [-0.15, -0.1) is 5.10 Å². The molecular weight excluding hydrogens is 272 g/mol. The van der Waals surface area contributed by atoms with Gasteiger partial charge in [-0.25, -0.2) is 0 Å². The number of amides is 1. The van der Waals surface area contributed by atoms with Crippen LogP contribution in [0.5, 0.6) is 0 Å². The minimum absolute atomic E-state index is 0.0556. The molecule has 0 saturated heterocycles. The van der Waals surface area contributed by atoms with Crippen LogP contribution in [0.4, 0.5) is 16.4 Å². The average molecular weight is 280 g/mol. The van der Waals surface area contributed by atoms with E-state index in [-0.39, 0.29) is 16.9 Å². The normalized spacial score (nSPS) is 9.95. The second-order valence-electron chi connectivity index (χ2n) is 3.34. The van der Waals surface area contributed by atoms with Gasteiger partial charge < -0.3 is 10.7 Å². The maximum absolute atomic E-state index is 12.0. The van der Waals surface area contributed by atoms with E-state index in [9.17, 15) is 14.9 Å². The van der Waals surface area contributed by atoms with Crippen molar-refractivity contribution in [3.05, 3.63) is 40.1 Å². The Balaban J connectivity index is 2.38. The molecule has 1 heterocycles. The first-order chi connectivity index (χ1) is 9.13. The van der Waals surface area contributed by atoms with Crippen LogP contribution in [0, 0.1) is 10.1 Å². The maximum atomic E-state index is 12.0. The van der Waals surface area contributed by atoms with Crippen molar-refractivity contribution in [1.82, 2.24) is 9.59 Å². The van der Waals surface area contributed by atoms with Gasteiger partial charge in [-0.1, -0.05) is 10.6 Å². The zero-order valence-electron chi connectivity index (χ0n) is 9.36. The van der Waals surface area contributed by atoms with Crippen LogP contribution in [0.1, 0.15) is 10.4 Å². The van der Waals surface area contributed by atoms with Gasteiger partial charge in [0.05, 0.1) is 11.1 Å². The lowest BCUT2D eigenvalue weighted by Crippen LogP contribution is -2.16. The molecule has 2 aromatic rings. The Morgan fingerprint density at radius 2 is 2.26 bits per heavy atom. The fraction of sp³-hybridized carbons (Fsp3) is 0. The Morgan fingerprint density at radius 3 is 2.84 bits per heavy atom. The first kappa shape index (κ1) is 12.9. The van der Waals surface area contributed by atoms with E-state index in [1.165, 1.54) is 24.4 Å². The van der Waals surface area contributed by atoms with E-state index in [4.69, 9.17) is 5.84 Å². The highest BCUT2D eigenvalue weighted by atomic mass is 32.1. The second-order valence-corrected chi connectivity index (χ2v) is 4.12. The maximum Gasteiger partial charge on any atom is 0.306 e. The zero-order valence-corrected chi connectivity index (χ0v) is 10.2. The Hall–Kier alpha value is -2.59. The molecular formula is C9H8N6O3S. The molecule has 4 N–H and O–H groups in total. The van der Waals surface area contributed by atoms with E-state index in [2.05, 4.69) is 20.3 Å². The Labute approximate surface area is 110 Å². The number of nitro groups is 1. The summed E-state index contributed by atoms with van der Waals surface area (Å²) >= 11 is 0.967. The van der Waals surface area contributed by atoms with Crippen LogP contribution >= 0.6 is 11.5 Å². The van der Waals surface area contributed by atoms with Gasteiger partial charge in [-0.05, 0) is 12.1 Å². The number of nitrogens with two attached hydrogens (primary N) is 1. The predicted molar refractivity (Wildman–Crippen MR) is 68.8 cm³/mol. The number of hydrazine groups is 1. The Bertz CT molecular complexity index is 614. The second kappa shape index (κ2) is 5.37. The summed E-state index contributed by atoms with van der Waals surface area (Å²) in [5.41, 5.74) is 1.75. The fourth-order valence-electron chi connectivity index (χ4n) is 1.44. The van der Waals surface area contributed by atoms with Gasteiger partial charge in [0.2, 0.25) is 0 Å². The minimum Gasteiger partial charge on any atom is -0.318 e. The van der Waals surface area contributed by atoms with Gasteiger partial charge in [-0.3, -0.25) is 20.8 Å². The fourth-order valence-corrected chi connectivity index (χ4v) is 1.86. The largest absolute Gasteiger partial charge is 0.318 e. The lowest BCUT2D eigenvalue weighted by atomic mass is 10.1. The SMILES string of the molecule is NNc1cccc(C(=O)Nc2cnns2)c1[N+](=O)[O-]. The molecule has 10 heteroatoms. The highest BCUT2D eigenvalue weighted by Gasteiger charge is 2.24. The minimum atomic E-state index is -0.672. The number of carbonyl (C=O) groups is 1. The van der Waals surface area contributed by atoms with Crippen molar-refractivity contribution in [3.8, 4) is 0 Å². The highest BCUT2D eigenvalue weighted by molar-refractivity contribution is 7.10. The first-order valence-corrected chi connectivity index (χ1v) is 5.73. The van der Waals surface area contributed by atoms with E-state index in [0.29, 0.717) is 5.00 Å². The number of rotatable bonds is 4. The molecule has 0 aliphatic heterocycles. The number of anilines is 2. The van der Waals surface area contributed by atoms with E-state index in [1.54, 1.807) is 0 Å². The molecule has 0 aliphatic carbocycles. The van der Waals surface area contributed by atoms with E-state index >= 15 is 0 Å². The van der Waals surface area contributed by atoms with Crippen LogP contribution in [0.3, 0.4) is 0 Å². The standard InChI is InChI=1S/C9H8N6O3S/c10-13-6-3-1-2-5(8(6)15(17)18)9(16)12-7-4-11-14-19-7/h1-4,13H,10H2,(H,12,16). The van der Waals surface area contributed by atoms with Gasteiger partial charge in [-0.2, -0.15) is 0 Å². The van der Waals surface area contributed by atoms with Crippen LogP contribution in [0.25, 0.3) is 0 Å². The third-order valence-electron chi connectivity index (χ3n) is 2.22. The van der Waals surface area contributed by atoms with Crippen LogP contribution in [0.15, 0.2) is 24.4 Å². The molecule has 0 aliphatic rings. The van der Waals surface area contributed by atoms with Crippen molar-refractivity contribution < 1.29 is 9.72 Å². The monoisotopic (exact) mass is 280 g/mol. The number of nitro benzene ring substituents is 1. The molecule has 0 saturated carbocycles. The first-order valence-electron chi connectivity index (χ1n) is 4.96.